The number of halogens is 2. The van der Waals surface area contributed by atoms with E-state index in [0.29, 0.717) is 15.2 Å². The zero-order chi connectivity index (χ0) is 12.3. The summed E-state index contributed by atoms with van der Waals surface area (Å²) in [7, 11) is 0. The van der Waals surface area contributed by atoms with Gasteiger partial charge in [0.05, 0.1) is 20.6 Å². The maximum atomic E-state index is 11.9. The highest BCUT2D eigenvalue weighted by Gasteiger charge is 2.26. The highest BCUT2D eigenvalue weighted by molar-refractivity contribution is 9.10. The fourth-order valence-electron chi connectivity index (χ4n) is 0.985. The van der Waals surface area contributed by atoms with E-state index in [2.05, 4.69) is 21.2 Å². The van der Waals surface area contributed by atoms with Crippen molar-refractivity contribution in [2.24, 2.45) is 11.1 Å². The van der Waals surface area contributed by atoms with E-state index in [9.17, 15) is 4.79 Å². The summed E-state index contributed by atoms with van der Waals surface area (Å²) < 4.78 is 0.679. The molecule has 1 aromatic carbocycles. The molecule has 5 heteroatoms. The molecule has 1 amide bonds. The SMILES string of the molecule is CC(C)(CN)C(=O)Nc1cccc(Cl)c1Br. The lowest BCUT2D eigenvalue weighted by molar-refractivity contribution is -0.123. The van der Waals surface area contributed by atoms with Crippen molar-refractivity contribution in [2.45, 2.75) is 13.8 Å². The van der Waals surface area contributed by atoms with Crippen LogP contribution in [-0.4, -0.2) is 12.5 Å². The maximum Gasteiger partial charge on any atom is 0.231 e. The molecule has 3 N–H and O–H groups in total. The van der Waals surface area contributed by atoms with E-state index >= 15 is 0 Å². The molecule has 1 aromatic rings. The Kier molecular flexibility index (Phi) is 4.35. The van der Waals surface area contributed by atoms with Crippen LogP contribution in [0.1, 0.15) is 13.8 Å². The number of hydrogen-bond donors (Lipinski definition) is 2. The predicted molar refractivity (Wildman–Crippen MR) is 70.6 cm³/mol. The Balaban J connectivity index is 2.90. The summed E-state index contributed by atoms with van der Waals surface area (Å²) in [6, 6.07) is 5.30. The molecule has 0 aliphatic rings. The molecule has 0 aliphatic carbocycles. The van der Waals surface area contributed by atoms with Crippen molar-refractivity contribution >= 4 is 39.1 Å². The average molecular weight is 306 g/mol. The minimum absolute atomic E-state index is 0.127. The van der Waals surface area contributed by atoms with Crippen LogP contribution in [0.15, 0.2) is 22.7 Å². The van der Waals surface area contributed by atoms with Crippen LogP contribution in [0, 0.1) is 5.41 Å². The van der Waals surface area contributed by atoms with Crippen molar-refractivity contribution < 1.29 is 4.79 Å². The third-order valence-corrected chi connectivity index (χ3v) is 3.72. The first-order chi connectivity index (χ1) is 7.38. The largest absolute Gasteiger partial charge is 0.329 e. The normalized spacial score (nSPS) is 11.3. The van der Waals surface area contributed by atoms with Crippen molar-refractivity contribution in [3.63, 3.8) is 0 Å². The Morgan fingerprint density at radius 1 is 1.56 bits per heavy atom. The minimum Gasteiger partial charge on any atom is -0.329 e. The van der Waals surface area contributed by atoms with Crippen molar-refractivity contribution in [1.82, 2.24) is 0 Å². The number of rotatable bonds is 3. The molecular weight excluding hydrogens is 291 g/mol. The molecule has 0 atom stereocenters. The van der Waals surface area contributed by atoms with E-state index < -0.39 is 5.41 Å². The van der Waals surface area contributed by atoms with Gasteiger partial charge in [-0.3, -0.25) is 4.79 Å². The summed E-state index contributed by atoms with van der Waals surface area (Å²) in [5.74, 6) is -0.127. The van der Waals surface area contributed by atoms with Crippen LogP contribution in [0.5, 0.6) is 0 Å². The number of carbonyl (C=O) groups excluding carboxylic acids is 1. The number of benzene rings is 1. The van der Waals surface area contributed by atoms with Crippen LogP contribution in [0.4, 0.5) is 5.69 Å². The molecule has 0 aromatic heterocycles. The molecule has 3 nitrogen and oxygen atoms in total. The molecule has 0 spiro atoms. The molecule has 1 rings (SSSR count). The molecule has 0 saturated carbocycles. The second-order valence-corrected chi connectivity index (χ2v) is 5.34. The number of nitrogens with two attached hydrogens (primary N) is 1. The second-order valence-electron chi connectivity index (χ2n) is 4.14. The number of carbonyl (C=O) groups is 1. The summed E-state index contributed by atoms with van der Waals surface area (Å²) in [5.41, 5.74) is 5.59. The molecule has 0 heterocycles. The van der Waals surface area contributed by atoms with Gasteiger partial charge in [-0.25, -0.2) is 0 Å². The van der Waals surface area contributed by atoms with E-state index in [1.807, 2.05) is 0 Å². The third-order valence-electron chi connectivity index (χ3n) is 2.32. The van der Waals surface area contributed by atoms with Crippen molar-refractivity contribution in [3.05, 3.63) is 27.7 Å². The topological polar surface area (TPSA) is 55.1 Å². The Hall–Kier alpha value is -0.580. The molecule has 88 valence electrons. The number of anilines is 1. The monoisotopic (exact) mass is 304 g/mol. The van der Waals surface area contributed by atoms with E-state index in [0.717, 1.165) is 0 Å². The van der Waals surface area contributed by atoms with Crippen LogP contribution in [0.2, 0.25) is 5.02 Å². The van der Waals surface area contributed by atoms with Crippen LogP contribution in [0.3, 0.4) is 0 Å². The average Bonchev–Trinajstić information content (AvgIpc) is 2.24. The highest BCUT2D eigenvalue weighted by Crippen LogP contribution is 2.31. The smallest absolute Gasteiger partial charge is 0.231 e. The van der Waals surface area contributed by atoms with E-state index in [1.165, 1.54) is 0 Å². The quantitative estimate of drug-likeness (QED) is 0.902. The van der Waals surface area contributed by atoms with Crippen molar-refractivity contribution in [3.8, 4) is 0 Å². The van der Waals surface area contributed by atoms with Gasteiger partial charge in [0.1, 0.15) is 0 Å². The summed E-state index contributed by atoms with van der Waals surface area (Å²) >= 11 is 9.24. The van der Waals surface area contributed by atoms with Crippen LogP contribution in [-0.2, 0) is 4.79 Å². The van der Waals surface area contributed by atoms with Crippen LogP contribution >= 0.6 is 27.5 Å². The molecule has 0 radical (unpaired) electrons. The Labute approximate surface area is 108 Å². The van der Waals surface area contributed by atoms with Gasteiger partial charge < -0.3 is 11.1 Å². The van der Waals surface area contributed by atoms with Crippen molar-refractivity contribution in [1.29, 1.82) is 0 Å². The van der Waals surface area contributed by atoms with Gasteiger partial charge in [-0.1, -0.05) is 17.7 Å². The molecular formula is C11H14BrClN2O. The van der Waals surface area contributed by atoms with Gasteiger partial charge in [0.15, 0.2) is 0 Å². The van der Waals surface area contributed by atoms with Gasteiger partial charge >= 0.3 is 0 Å². The molecule has 0 saturated heterocycles. The molecule has 0 unspecified atom stereocenters. The van der Waals surface area contributed by atoms with Crippen LogP contribution in [0.25, 0.3) is 0 Å². The lowest BCUT2D eigenvalue weighted by atomic mass is 9.92. The molecule has 0 aliphatic heterocycles. The van der Waals surface area contributed by atoms with Gasteiger partial charge in [0, 0.05) is 6.54 Å². The van der Waals surface area contributed by atoms with E-state index in [-0.39, 0.29) is 12.5 Å². The lowest BCUT2D eigenvalue weighted by Crippen LogP contribution is -2.37. The number of nitrogens with one attached hydrogen (secondary N) is 1. The third kappa shape index (κ3) is 2.97. The van der Waals surface area contributed by atoms with Gasteiger partial charge in [-0.2, -0.15) is 0 Å². The number of hydrogen-bond acceptors (Lipinski definition) is 2. The standard InChI is InChI=1S/C11H14BrClN2O/c1-11(2,6-14)10(16)15-8-5-3-4-7(13)9(8)12/h3-5H,6,14H2,1-2H3,(H,15,16). The Bertz CT molecular complexity index is 407. The minimum atomic E-state index is -0.595. The first-order valence-electron chi connectivity index (χ1n) is 4.84. The maximum absolute atomic E-state index is 11.9. The predicted octanol–water partition coefficient (Wildman–Crippen LogP) is 3.03. The zero-order valence-electron chi connectivity index (χ0n) is 9.18. The summed E-state index contributed by atoms with van der Waals surface area (Å²) in [6.45, 7) is 3.87. The second kappa shape index (κ2) is 5.17. The fraction of sp³-hybridized carbons (Fsp3) is 0.364. The first-order valence-corrected chi connectivity index (χ1v) is 6.01. The Morgan fingerprint density at radius 3 is 2.75 bits per heavy atom. The highest BCUT2D eigenvalue weighted by atomic mass is 79.9. The zero-order valence-corrected chi connectivity index (χ0v) is 11.5. The molecule has 0 bridgehead atoms. The molecule has 0 fully saturated rings. The Morgan fingerprint density at radius 2 is 2.19 bits per heavy atom. The first kappa shape index (κ1) is 13.5. The van der Waals surface area contributed by atoms with Crippen molar-refractivity contribution in [2.75, 3.05) is 11.9 Å². The fourth-order valence-corrected chi connectivity index (χ4v) is 1.52. The number of amides is 1. The van der Waals surface area contributed by atoms with E-state index in [1.54, 1.807) is 32.0 Å². The summed E-state index contributed by atoms with van der Waals surface area (Å²) in [5, 5.41) is 3.35. The van der Waals surface area contributed by atoms with E-state index in [4.69, 9.17) is 17.3 Å². The van der Waals surface area contributed by atoms with Gasteiger partial charge in [-0.05, 0) is 41.9 Å². The lowest BCUT2D eigenvalue weighted by Gasteiger charge is -2.21. The summed E-state index contributed by atoms with van der Waals surface area (Å²) in [4.78, 5) is 11.9. The van der Waals surface area contributed by atoms with Gasteiger partial charge in [0.2, 0.25) is 5.91 Å². The molecule has 16 heavy (non-hydrogen) atoms. The van der Waals surface area contributed by atoms with Crippen LogP contribution < -0.4 is 11.1 Å². The van der Waals surface area contributed by atoms with Gasteiger partial charge in [0.25, 0.3) is 0 Å². The summed E-state index contributed by atoms with van der Waals surface area (Å²) in [6.07, 6.45) is 0. The van der Waals surface area contributed by atoms with Gasteiger partial charge in [-0.15, -0.1) is 0 Å².